The molecule has 28 heavy (non-hydrogen) atoms. The summed E-state index contributed by atoms with van der Waals surface area (Å²) in [7, 11) is -1.46. The molecule has 0 radical (unpaired) electrons. The van der Waals surface area contributed by atoms with Gasteiger partial charge in [-0.1, -0.05) is 50.0 Å². The second kappa shape index (κ2) is 8.93. The van der Waals surface area contributed by atoms with Crippen molar-refractivity contribution >= 4 is 20.0 Å². The van der Waals surface area contributed by atoms with E-state index in [0.29, 0.717) is 32.5 Å². The van der Waals surface area contributed by atoms with Gasteiger partial charge in [0, 0.05) is 5.92 Å². The number of amides is 1. The van der Waals surface area contributed by atoms with Crippen LogP contribution in [0.5, 0.6) is 0 Å². The van der Waals surface area contributed by atoms with Gasteiger partial charge in [0.05, 0.1) is 31.7 Å². The second-order valence-corrected chi connectivity index (χ2v) is 13.4. The zero-order chi connectivity index (χ0) is 20.1. The number of carbonyl (C=O) groups is 2. The zero-order valence-electron chi connectivity index (χ0n) is 16.9. The molecule has 5 nitrogen and oxygen atoms in total. The first kappa shape index (κ1) is 20.6. The summed E-state index contributed by atoms with van der Waals surface area (Å²) >= 11 is 0. The van der Waals surface area contributed by atoms with E-state index < -0.39 is 8.07 Å². The molecule has 2 saturated heterocycles. The third-order valence-corrected chi connectivity index (χ3v) is 6.04. The van der Waals surface area contributed by atoms with Crippen LogP contribution < -0.4 is 0 Å². The molecule has 0 saturated carbocycles. The lowest BCUT2D eigenvalue weighted by Crippen LogP contribution is -2.59. The Balaban J connectivity index is 1.58. The summed E-state index contributed by atoms with van der Waals surface area (Å²) in [5, 5.41) is 0. The summed E-state index contributed by atoms with van der Waals surface area (Å²) in [6.07, 6.45) is 1.26. The average molecular weight is 400 g/mol. The lowest BCUT2D eigenvalue weighted by molar-refractivity contribution is -0.130. The molecule has 6 heteroatoms. The molecule has 2 aliphatic rings. The molecular formula is C22H29NO4Si. The number of hydrogen-bond acceptors (Lipinski definition) is 4. The largest absolute Gasteiger partial charge is 0.445 e. The van der Waals surface area contributed by atoms with Crippen LogP contribution >= 0.6 is 0 Å². The third-order valence-electron chi connectivity index (χ3n) is 5.12. The SMILES string of the molecule is C[Si](C)(C)C#CCC(=O)C1CC2COCC(C1)N2C(=O)OCc1ccccc1. The molecule has 2 aliphatic heterocycles. The number of rotatable bonds is 4. The van der Waals surface area contributed by atoms with Crippen LogP contribution in [-0.4, -0.2) is 50.1 Å². The van der Waals surface area contributed by atoms with Crippen LogP contribution in [0.2, 0.25) is 19.6 Å². The fourth-order valence-corrected chi connectivity index (χ4v) is 4.43. The van der Waals surface area contributed by atoms with Gasteiger partial charge in [0.15, 0.2) is 0 Å². The molecule has 0 aliphatic carbocycles. The van der Waals surface area contributed by atoms with Gasteiger partial charge in [-0.2, -0.15) is 0 Å². The van der Waals surface area contributed by atoms with Gasteiger partial charge in [0.25, 0.3) is 0 Å². The number of fused-ring (bicyclic) bond motifs is 2. The summed E-state index contributed by atoms with van der Waals surface area (Å²) in [4.78, 5) is 27.1. The van der Waals surface area contributed by atoms with E-state index >= 15 is 0 Å². The van der Waals surface area contributed by atoms with Crippen molar-refractivity contribution in [1.82, 2.24) is 4.90 Å². The predicted octanol–water partition coefficient (Wildman–Crippen LogP) is 3.64. The van der Waals surface area contributed by atoms with Crippen LogP contribution in [-0.2, 0) is 20.9 Å². The Bertz CT molecular complexity index is 748. The van der Waals surface area contributed by atoms with Gasteiger partial charge in [-0.05, 0) is 18.4 Å². The first-order valence-electron chi connectivity index (χ1n) is 9.93. The van der Waals surface area contributed by atoms with Gasteiger partial charge in [0.2, 0.25) is 0 Å². The molecule has 150 valence electrons. The molecule has 2 fully saturated rings. The van der Waals surface area contributed by atoms with Gasteiger partial charge in [-0.25, -0.2) is 4.79 Å². The van der Waals surface area contributed by atoms with Crippen LogP contribution in [0.1, 0.15) is 24.8 Å². The quantitative estimate of drug-likeness (QED) is 0.573. The molecule has 1 aromatic rings. The molecule has 0 spiro atoms. The van der Waals surface area contributed by atoms with E-state index in [2.05, 4.69) is 31.1 Å². The number of benzene rings is 1. The van der Waals surface area contributed by atoms with Gasteiger partial charge in [-0.3, -0.25) is 9.69 Å². The summed E-state index contributed by atoms with van der Waals surface area (Å²) in [6.45, 7) is 7.69. The molecule has 3 rings (SSSR count). The minimum absolute atomic E-state index is 0.0481. The number of morpholine rings is 1. The topological polar surface area (TPSA) is 55.8 Å². The summed E-state index contributed by atoms with van der Waals surface area (Å²) in [5.41, 5.74) is 4.22. The van der Waals surface area contributed by atoms with Gasteiger partial charge in [0.1, 0.15) is 20.5 Å². The molecule has 1 amide bonds. The Hall–Kier alpha value is -2.10. The first-order valence-corrected chi connectivity index (χ1v) is 13.4. The molecule has 2 atom stereocenters. The maximum absolute atomic E-state index is 12.7. The van der Waals surface area contributed by atoms with Gasteiger partial charge in [-0.15, -0.1) is 11.5 Å². The second-order valence-electron chi connectivity index (χ2n) is 8.66. The van der Waals surface area contributed by atoms with E-state index in [0.717, 1.165) is 5.56 Å². The molecule has 0 aromatic heterocycles. The lowest BCUT2D eigenvalue weighted by Gasteiger charge is -2.47. The molecular weight excluding hydrogens is 370 g/mol. The van der Waals surface area contributed by atoms with Crippen molar-refractivity contribution in [3.8, 4) is 11.5 Å². The summed E-state index contributed by atoms with van der Waals surface area (Å²) < 4.78 is 11.2. The average Bonchev–Trinajstić information content (AvgIpc) is 2.64. The number of ether oxygens (including phenoxy) is 2. The van der Waals surface area contributed by atoms with Crippen LogP contribution in [0.4, 0.5) is 4.79 Å². The van der Waals surface area contributed by atoms with E-state index in [1.165, 1.54) is 0 Å². The lowest BCUT2D eigenvalue weighted by atomic mass is 9.82. The molecule has 2 heterocycles. The number of piperidine rings is 1. The monoisotopic (exact) mass is 399 g/mol. The highest BCUT2D eigenvalue weighted by atomic mass is 28.3. The van der Waals surface area contributed by atoms with E-state index in [4.69, 9.17) is 9.47 Å². The molecule has 0 N–H and O–H groups in total. The Morgan fingerprint density at radius 2 is 1.79 bits per heavy atom. The minimum atomic E-state index is -1.46. The van der Waals surface area contributed by atoms with Gasteiger partial charge < -0.3 is 9.47 Å². The Kier molecular flexibility index (Phi) is 6.58. The van der Waals surface area contributed by atoms with Crippen molar-refractivity contribution in [2.75, 3.05) is 13.2 Å². The maximum atomic E-state index is 12.7. The van der Waals surface area contributed by atoms with Crippen molar-refractivity contribution in [1.29, 1.82) is 0 Å². The minimum Gasteiger partial charge on any atom is -0.445 e. The highest BCUT2D eigenvalue weighted by Gasteiger charge is 2.44. The van der Waals surface area contributed by atoms with E-state index in [9.17, 15) is 9.59 Å². The first-order chi connectivity index (χ1) is 13.3. The van der Waals surface area contributed by atoms with Crippen molar-refractivity contribution in [2.45, 2.75) is 57.6 Å². The van der Waals surface area contributed by atoms with Crippen LogP contribution in [0.15, 0.2) is 30.3 Å². The summed E-state index contributed by atoms with van der Waals surface area (Å²) in [5.74, 6) is 3.23. The molecule has 1 aromatic carbocycles. The van der Waals surface area contributed by atoms with Crippen LogP contribution in [0.25, 0.3) is 0 Å². The number of carbonyl (C=O) groups excluding carboxylic acids is 2. The Morgan fingerprint density at radius 1 is 1.14 bits per heavy atom. The Morgan fingerprint density at radius 3 is 2.39 bits per heavy atom. The normalized spacial score (nSPS) is 24.1. The van der Waals surface area contributed by atoms with Crippen molar-refractivity contribution in [3.05, 3.63) is 35.9 Å². The van der Waals surface area contributed by atoms with Crippen molar-refractivity contribution < 1.29 is 19.1 Å². The highest BCUT2D eigenvalue weighted by Crippen LogP contribution is 2.33. The number of ketones is 1. The van der Waals surface area contributed by atoms with Crippen molar-refractivity contribution in [2.24, 2.45) is 5.92 Å². The van der Waals surface area contributed by atoms with Crippen molar-refractivity contribution in [3.63, 3.8) is 0 Å². The maximum Gasteiger partial charge on any atom is 0.410 e. The van der Waals surface area contributed by atoms with Crippen LogP contribution in [0.3, 0.4) is 0 Å². The smallest absolute Gasteiger partial charge is 0.410 e. The summed E-state index contributed by atoms with van der Waals surface area (Å²) in [6, 6.07) is 9.45. The van der Waals surface area contributed by atoms with E-state index in [1.807, 2.05) is 30.3 Å². The predicted molar refractivity (Wildman–Crippen MR) is 110 cm³/mol. The highest BCUT2D eigenvalue weighted by molar-refractivity contribution is 6.83. The van der Waals surface area contributed by atoms with Crippen LogP contribution in [0, 0.1) is 17.4 Å². The fraction of sp³-hybridized carbons (Fsp3) is 0.545. The molecule has 2 bridgehead atoms. The van der Waals surface area contributed by atoms with E-state index in [1.54, 1.807) is 4.90 Å². The standard InChI is InChI=1S/C22H29NO4Si/c1-28(2,3)11-7-10-21(24)18-12-19-15-26-16-20(13-18)23(19)22(25)27-14-17-8-5-4-6-9-17/h4-6,8-9,18-20H,10,12-16H2,1-3H3. The number of Topliss-reactive ketones (excluding diaryl/α,β-unsaturated/α-hetero) is 1. The van der Waals surface area contributed by atoms with E-state index in [-0.39, 0.29) is 36.5 Å². The van der Waals surface area contributed by atoms with Gasteiger partial charge >= 0.3 is 6.09 Å². The third kappa shape index (κ3) is 5.46. The Labute approximate surface area is 168 Å². The fourth-order valence-electron chi connectivity index (χ4n) is 3.81. The number of nitrogens with zero attached hydrogens (tertiary/aromatic N) is 1. The number of hydrogen-bond donors (Lipinski definition) is 0. The molecule has 2 unspecified atom stereocenters. The zero-order valence-corrected chi connectivity index (χ0v) is 17.9.